The van der Waals surface area contributed by atoms with Crippen LogP contribution in [-0.4, -0.2) is 72.8 Å². The third kappa shape index (κ3) is 4.09. The molecular weight excluding hydrogens is 418 g/mol. The minimum absolute atomic E-state index is 0.0285. The van der Waals surface area contributed by atoms with Crippen LogP contribution in [0.2, 0.25) is 0 Å². The highest BCUT2D eigenvalue weighted by Gasteiger charge is 2.47. The average Bonchev–Trinajstić information content (AvgIpc) is 2.82. The number of piperazine rings is 1. The summed E-state index contributed by atoms with van der Waals surface area (Å²) in [7, 11) is 1.93. The summed E-state index contributed by atoms with van der Waals surface area (Å²) in [4.78, 5) is 33.2. The minimum atomic E-state index is -0.938. The Kier molecular flexibility index (Phi) is 6.41. The number of hydrogen-bond acceptors (Lipinski definition) is 5. The number of pyridine rings is 1. The van der Waals surface area contributed by atoms with Crippen LogP contribution in [-0.2, 0) is 4.79 Å². The zero-order valence-corrected chi connectivity index (χ0v) is 19.9. The van der Waals surface area contributed by atoms with E-state index in [0.29, 0.717) is 13.0 Å². The number of nitrogens with zero attached hydrogens (tertiary/aromatic N) is 4. The van der Waals surface area contributed by atoms with Gasteiger partial charge in [0.25, 0.3) is 0 Å². The second-order valence-electron chi connectivity index (χ2n) is 9.18. The maximum Gasteiger partial charge on any atom is 0.407 e. The maximum absolute atomic E-state index is 12.7. The number of rotatable bonds is 4. The fourth-order valence-corrected chi connectivity index (χ4v) is 5.22. The molecule has 0 spiro atoms. The van der Waals surface area contributed by atoms with Gasteiger partial charge < -0.3 is 20.2 Å². The molecule has 3 atom stereocenters. The van der Waals surface area contributed by atoms with Gasteiger partial charge in [0, 0.05) is 62.5 Å². The van der Waals surface area contributed by atoms with Crippen LogP contribution < -0.4 is 14.7 Å². The maximum atomic E-state index is 12.7. The van der Waals surface area contributed by atoms with Crippen molar-refractivity contribution in [1.82, 2.24) is 19.7 Å². The average molecular weight is 453 g/mol. The Morgan fingerprint density at radius 3 is 2.48 bits per heavy atom. The second kappa shape index (κ2) is 9.11. The first-order valence-electron chi connectivity index (χ1n) is 11.7. The number of fused-ring (bicyclic) bond motifs is 1. The summed E-state index contributed by atoms with van der Waals surface area (Å²) in [5.41, 5.74) is 3.73. The molecule has 2 N–H and O–H groups in total. The molecule has 2 aliphatic heterocycles. The van der Waals surface area contributed by atoms with Crippen molar-refractivity contribution in [1.29, 1.82) is 0 Å². The van der Waals surface area contributed by atoms with E-state index in [-0.39, 0.29) is 22.5 Å². The van der Waals surface area contributed by atoms with Crippen molar-refractivity contribution in [2.45, 2.75) is 39.3 Å². The van der Waals surface area contributed by atoms with Gasteiger partial charge in [-0.3, -0.25) is 0 Å². The number of quaternary nitrogens is 1. The van der Waals surface area contributed by atoms with Crippen LogP contribution >= 0.6 is 0 Å². The number of carbonyl (C=O) groups is 2. The third-order valence-electron chi connectivity index (χ3n) is 7.47. The Hall–Kier alpha value is -2.97. The summed E-state index contributed by atoms with van der Waals surface area (Å²) in [6.07, 6.45) is 1.53. The number of benzene rings is 1. The molecule has 0 saturated carbocycles. The van der Waals surface area contributed by atoms with Crippen molar-refractivity contribution >= 4 is 23.5 Å². The van der Waals surface area contributed by atoms with E-state index in [1.54, 1.807) is 6.92 Å². The number of anilines is 1. The molecule has 1 saturated heterocycles. The van der Waals surface area contributed by atoms with Gasteiger partial charge in [-0.25, -0.2) is 19.1 Å². The molecule has 1 aromatic heterocycles. The lowest BCUT2D eigenvalue weighted by atomic mass is 9.86. The number of aromatic nitrogens is 1. The van der Waals surface area contributed by atoms with Gasteiger partial charge in [0.05, 0.1) is 26.1 Å². The summed E-state index contributed by atoms with van der Waals surface area (Å²) in [6, 6.07) is 9.86. The Morgan fingerprint density at radius 2 is 1.91 bits per heavy atom. The van der Waals surface area contributed by atoms with Crippen molar-refractivity contribution in [3.63, 3.8) is 0 Å². The van der Waals surface area contributed by atoms with E-state index < -0.39 is 6.09 Å². The lowest BCUT2D eigenvalue weighted by molar-refractivity contribution is -0.129. The zero-order valence-electron chi connectivity index (χ0n) is 19.9. The molecule has 0 radical (unpaired) electrons. The van der Waals surface area contributed by atoms with Crippen molar-refractivity contribution in [3.8, 4) is 11.1 Å². The molecule has 2 amide bonds. The highest BCUT2D eigenvalue weighted by Crippen LogP contribution is 2.45. The molecule has 1 aromatic carbocycles. The lowest BCUT2D eigenvalue weighted by Crippen LogP contribution is -2.60. The van der Waals surface area contributed by atoms with E-state index in [2.05, 4.69) is 22.3 Å². The Bertz CT molecular complexity index is 1030. The quantitative estimate of drug-likeness (QED) is 0.691. The Balaban J connectivity index is 1.76. The number of amides is 2. The molecule has 4 rings (SSSR count). The predicted molar refractivity (Wildman–Crippen MR) is 130 cm³/mol. The number of carboxylic acid groups (broad SMARTS) is 1. The van der Waals surface area contributed by atoms with Crippen molar-refractivity contribution in [3.05, 3.63) is 42.1 Å². The largest absolute Gasteiger partial charge is 0.465 e. The van der Waals surface area contributed by atoms with E-state index in [1.807, 2.05) is 45.3 Å². The van der Waals surface area contributed by atoms with Crippen molar-refractivity contribution in [2.24, 2.45) is 0 Å². The smallest absolute Gasteiger partial charge is 0.407 e. The highest BCUT2D eigenvalue weighted by molar-refractivity contribution is 5.89. The van der Waals surface area contributed by atoms with Gasteiger partial charge in [0.2, 0.25) is 0 Å². The van der Waals surface area contributed by atoms with E-state index in [1.165, 1.54) is 4.90 Å². The topological polar surface area (TPSA) is 85.8 Å². The minimum Gasteiger partial charge on any atom is -0.465 e. The van der Waals surface area contributed by atoms with Crippen LogP contribution in [0.4, 0.5) is 16.3 Å². The predicted octanol–water partition coefficient (Wildman–Crippen LogP) is 3.48. The second-order valence-corrected chi connectivity index (χ2v) is 9.18. The van der Waals surface area contributed by atoms with Crippen LogP contribution in [0, 0.1) is 0 Å². The van der Waals surface area contributed by atoms with Crippen LogP contribution in [0.5, 0.6) is 0 Å². The molecule has 33 heavy (non-hydrogen) atoms. The van der Waals surface area contributed by atoms with Gasteiger partial charge in [0.1, 0.15) is 11.5 Å². The molecule has 3 heterocycles. The van der Waals surface area contributed by atoms with Crippen LogP contribution in [0.15, 0.2) is 36.5 Å². The van der Waals surface area contributed by atoms with Crippen LogP contribution in [0.1, 0.15) is 38.8 Å². The number of nitrogens with one attached hydrogen (secondary N) is 1. The van der Waals surface area contributed by atoms with E-state index in [9.17, 15) is 14.7 Å². The third-order valence-corrected chi connectivity index (χ3v) is 7.47. The van der Waals surface area contributed by atoms with Gasteiger partial charge >= 0.3 is 12.0 Å². The summed E-state index contributed by atoms with van der Waals surface area (Å²) in [5.74, 6) is 1.02. The molecule has 8 heteroatoms. The highest BCUT2D eigenvalue weighted by atomic mass is 16.4. The Morgan fingerprint density at radius 1 is 1.21 bits per heavy atom. The first kappa shape index (κ1) is 23.2. The zero-order chi connectivity index (χ0) is 23.8. The normalized spacial score (nSPS) is 24.8. The SMILES string of the molecule is CCN(C(=O)O)[C@@H]1C[C@H](C)[N+](C)(C(C)=O)c2ccc(-c3ccc(N4CCNCC4)nc3)cc21. The molecule has 176 valence electrons. The van der Waals surface area contributed by atoms with Crippen molar-refractivity contribution in [2.75, 3.05) is 44.7 Å². The molecule has 0 aliphatic carbocycles. The van der Waals surface area contributed by atoms with Gasteiger partial charge in [-0.2, -0.15) is 0 Å². The van der Waals surface area contributed by atoms with Gasteiger partial charge in [-0.15, -0.1) is 0 Å². The molecule has 2 aromatic rings. The molecular formula is C25H34N5O3+. The van der Waals surface area contributed by atoms with E-state index in [4.69, 9.17) is 4.98 Å². The molecule has 8 nitrogen and oxygen atoms in total. The molecule has 2 aliphatic rings. The summed E-state index contributed by atoms with van der Waals surface area (Å²) in [5, 5.41) is 13.2. The first-order chi connectivity index (χ1) is 15.8. The lowest BCUT2D eigenvalue weighted by Gasteiger charge is -2.45. The fraction of sp³-hybridized carbons (Fsp3) is 0.480. The van der Waals surface area contributed by atoms with Gasteiger partial charge in [-0.05, 0) is 43.7 Å². The summed E-state index contributed by atoms with van der Waals surface area (Å²) >= 11 is 0. The van der Waals surface area contributed by atoms with E-state index in [0.717, 1.165) is 54.4 Å². The first-order valence-corrected chi connectivity index (χ1v) is 11.7. The Labute approximate surface area is 195 Å². The van der Waals surface area contributed by atoms with Crippen molar-refractivity contribution < 1.29 is 14.7 Å². The van der Waals surface area contributed by atoms with Gasteiger partial charge in [-0.1, -0.05) is 0 Å². The standard InChI is InChI=1S/C25H33N5O3/c1-5-29(25(32)33)22-14-17(2)30(4,18(3)31)23-8-6-19(15-21(22)23)20-7-9-24(27-16-20)28-12-10-26-11-13-28/h6-9,15-17,22,26H,5,10-14H2,1-4H3/p+1/t17-,22+,30?/m0/s1. The fourth-order valence-electron chi connectivity index (χ4n) is 5.22. The summed E-state index contributed by atoms with van der Waals surface area (Å²) < 4.78 is 0.170. The number of hydrogen-bond donors (Lipinski definition) is 2. The van der Waals surface area contributed by atoms with E-state index >= 15 is 0 Å². The molecule has 1 unspecified atom stereocenters. The number of carbonyl (C=O) groups excluding carboxylic acids is 1. The monoisotopic (exact) mass is 452 g/mol. The molecule has 0 bridgehead atoms. The van der Waals surface area contributed by atoms with Crippen LogP contribution in [0.25, 0.3) is 11.1 Å². The van der Waals surface area contributed by atoms with Crippen LogP contribution in [0.3, 0.4) is 0 Å². The summed E-state index contributed by atoms with van der Waals surface area (Å²) in [6.45, 7) is 9.68. The molecule has 1 fully saturated rings. The van der Waals surface area contributed by atoms with Gasteiger partial charge in [0.15, 0.2) is 0 Å².